The van der Waals surface area contributed by atoms with Crippen LogP contribution in [0.1, 0.15) is 39.1 Å². The highest BCUT2D eigenvalue weighted by molar-refractivity contribution is 7.83. The summed E-state index contributed by atoms with van der Waals surface area (Å²) >= 11 is 6.31. The SMILES string of the molecule is CC.CCN(C)Cc1c(Cl)c(CS(C)=O)nn1CC. The van der Waals surface area contributed by atoms with E-state index in [1.807, 2.05) is 32.5 Å². The zero-order valence-electron chi connectivity index (χ0n) is 12.9. The zero-order valence-corrected chi connectivity index (χ0v) is 14.4. The van der Waals surface area contributed by atoms with E-state index in [-0.39, 0.29) is 0 Å². The van der Waals surface area contributed by atoms with E-state index in [9.17, 15) is 4.21 Å². The van der Waals surface area contributed by atoms with Crippen LogP contribution in [-0.2, 0) is 29.6 Å². The Bertz CT molecular complexity index is 407. The fourth-order valence-corrected chi connectivity index (χ4v) is 2.52. The maximum atomic E-state index is 11.2. The van der Waals surface area contributed by atoms with Gasteiger partial charge in [0.2, 0.25) is 0 Å². The van der Waals surface area contributed by atoms with Crippen molar-refractivity contribution in [3.63, 3.8) is 0 Å². The third-order valence-electron chi connectivity index (χ3n) is 2.66. The summed E-state index contributed by atoms with van der Waals surface area (Å²) in [6.45, 7) is 10.6. The van der Waals surface area contributed by atoms with Crippen LogP contribution in [0.15, 0.2) is 0 Å². The van der Waals surface area contributed by atoms with E-state index in [1.54, 1.807) is 6.26 Å². The zero-order chi connectivity index (χ0) is 15.0. The first-order valence-electron chi connectivity index (χ1n) is 6.72. The lowest BCUT2D eigenvalue weighted by Crippen LogP contribution is -2.19. The molecule has 0 fully saturated rings. The first kappa shape index (κ1) is 18.6. The summed E-state index contributed by atoms with van der Waals surface area (Å²) in [5.74, 6) is 0.425. The van der Waals surface area contributed by atoms with Crippen LogP contribution >= 0.6 is 11.6 Å². The Morgan fingerprint density at radius 2 is 1.95 bits per heavy atom. The summed E-state index contributed by atoms with van der Waals surface area (Å²) in [6, 6.07) is 0. The number of nitrogens with zero attached hydrogens (tertiary/aromatic N) is 3. The van der Waals surface area contributed by atoms with Crippen LogP contribution in [-0.4, -0.2) is 38.7 Å². The summed E-state index contributed by atoms with van der Waals surface area (Å²) in [7, 11) is 1.13. The van der Waals surface area contributed by atoms with Crippen LogP contribution < -0.4 is 0 Å². The van der Waals surface area contributed by atoms with Gasteiger partial charge in [0.15, 0.2) is 0 Å². The Kier molecular flexibility index (Phi) is 9.31. The molecule has 0 aliphatic carbocycles. The molecule has 4 nitrogen and oxygen atoms in total. The Labute approximate surface area is 124 Å². The largest absolute Gasteiger partial charge is 0.301 e. The monoisotopic (exact) mass is 307 g/mol. The molecule has 112 valence electrons. The van der Waals surface area contributed by atoms with Gasteiger partial charge >= 0.3 is 0 Å². The van der Waals surface area contributed by atoms with Gasteiger partial charge in [-0.1, -0.05) is 32.4 Å². The average Bonchev–Trinajstić information content (AvgIpc) is 2.68. The Morgan fingerprint density at radius 1 is 1.37 bits per heavy atom. The van der Waals surface area contributed by atoms with Crippen molar-refractivity contribution in [1.82, 2.24) is 14.7 Å². The van der Waals surface area contributed by atoms with Gasteiger partial charge in [-0.05, 0) is 20.5 Å². The quantitative estimate of drug-likeness (QED) is 0.811. The summed E-state index contributed by atoms with van der Waals surface area (Å²) in [4.78, 5) is 2.17. The molecule has 0 N–H and O–H groups in total. The van der Waals surface area contributed by atoms with E-state index >= 15 is 0 Å². The van der Waals surface area contributed by atoms with Crippen molar-refractivity contribution in [1.29, 1.82) is 0 Å². The minimum atomic E-state index is -0.912. The van der Waals surface area contributed by atoms with Crippen molar-refractivity contribution in [2.45, 2.75) is 46.5 Å². The Balaban J connectivity index is 0.00000154. The normalized spacial score (nSPS) is 12.2. The van der Waals surface area contributed by atoms with E-state index in [1.165, 1.54) is 0 Å². The molecule has 1 unspecified atom stereocenters. The first-order valence-corrected chi connectivity index (χ1v) is 8.82. The fourth-order valence-electron chi connectivity index (χ4n) is 1.59. The fraction of sp³-hybridized carbons (Fsp3) is 0.769. The van der Waals surface area contributed by atoms with Gasteiger partial charge in [-0.2, -0.15) is 5.10 Å². The van der Waals surface area contributed by atoms with E-state index in [0.29, 0.717) is 10.8 Å². The topological polar surface area (TPSA) is 38.1 Å². The molecule has 1 heterocycles. The van der Waals surface area contributed by atoms with E-state index in [0.717, 1.165) is 31.0 Å². The van der Waals surface area contributed by atoms with Crippen molar-refractivity contribution >= 4 is 22.4 Å². The molecule has 0 radical (unpaired) electrons. The summed E-state index contributed by atoms with van der Waals surface area (Å²) in [5, 5.41) is 5.09. The molecule has 19 heavy (non-hydrogen) atoms. The maximum absolute atomic E-state index is 11.2. The van der Waals surface area contributed by atoms with Gasteiger partial charge in [-0.3, -0.25) is 8.89 Å². The number of hydrogen-bond donors (Lipinski definition) is 0. The third-order valence-corrected chi connectivity index (χ3v) is 3.78. The van der Waals surface area contributed by atoms with Gasteiger partial charge in [-0.25, -0.2) is 0 Å². The van der Waals surface area contributed by atoms with Gasteiger partial charge in [0.25, 0.3) is 0 Å². The number of hydrogen-bond acceptors (Lipinski definition) is 3. The van der Waals surface area contributed by atoms with E-state index < -0.39 is 10.8 Å². The predicted molar refractivity (Wildman–Crippen MR) is 84.0 cm³/mol. The minimum absolute atomic E-state index is 0.425. The van der Waals surface area contributed by atoms with Crippen LogP contribution in [0, 0.1) is 0 Å². The number of rotatable bonds is 6. The molecule has 6 heteroatoms. The molecule has 1 rings (SSSR count). The Hall–Kier alpha value is -0.390. The molecule has 0 spiro atoms. The predicted octanol–water partition coefficient (Wildman–Crippen LogP) is 2.91. The van der Waals surface area contributed by atoms with Gasteiger partial charge < -0.3 is 4.90 Å². The lowest BCUT2D eigenvalue weighted by atomic mass is 10.3. The van der Waals surface area contributed by atoms with E-state index in [4.69, 9.17) is 11.6 Å². The Morgan fingerprint density at radius 3 is 2.37 bits per heavy atom. The number of aromatic nitrogens is 2. The smallest absolute Gasteiger partial charge is 0.0938 e. The van der Waals surface area contributed by atoms with Crippen LogP contribution in [0.5, 0.6) is 0 Å². The molecule has 0 amide bonds. The van der Waals surface area contributed by atoms with Gasteiger partial charge in [0.05, 0.1) is 22.2 Å². The lowest BCUT2D eigenvalue weighted by molar-refractivity contribution is 0.332. The molecule has 0 saturated heterocycles. The summed E-state index contributed by atoms with van der Waals surface area (Å²) < 4.78 is 13.1. The van der Waals surface area contributed by atoms with Crippen molar-refractivity contribution in [2.75, 3.05) is 19.8 Å². The van der Waals surface area contributed by atoms with Crippen LogP contribution in [0.4, 0.5) is 0 Å². The van der Waals surface area contributed by atoms with Gasteiger partial charge in [0, 0.05) is 30.1 Å². The highest BCUT2D eigenvalue weighted by atomic mass is 35.5. The van der Waals surface area contributed by atoms with E-state index in [2.05, 4.69) is 16.9 Å². The van der Waals surface area contributed by atoms with Crippen LogP contribution in [0.2, 0.25) is 5.02 Å². The standard InChI is InChI=1S/C11H20ClN3OS.C2H6/c1-5-14(3)7-10-11(12)9(8-17(4)16)13-15(10)6-2;1-2/h5-8H2,1-4H3;1-2H3. The molecule has 0 bridgehead atoms. The molecule has 1 aromatic rings. The molecule has 0 aromatic carbocycles. The molecule has 1 aromatic heterocycles. The maximum Gasteiger partial charge on any atom is 0.0938 e. The molecular formula is C13H26ClN3OS. The van der Waals surface area contributed by atoms with Gasteiger partial charge in [-0.15, -0.1) is 0 Å². The number of halogens is 1. The second-order valence-corrected chi connectivity index (χ2v) is 5.88. The molecule has 0 aliphatic heterocycles. The molecule has 0 saturated carbocycles. The highest BCUT2D eigenvalue weighted by Crippen LogP contribution is 2.23. The molecule has 1 atom stereocenters. The molecule has 0 aliphatic rings. The minimum Gasteiger partial charge on any atom is -0.301 e. The first-order chi connectivity index (χ1) is 8.99. The number of aryl methyl sites for hydroxylation is 1. The molecular weight excluding hydrogens is 282 g/mol. The van der Waals surface area contributed by atoms with Crippen LogP contribution in [0.25, 0.3) is 0 Å². The second-order valence-electron chi connectivity index (χ2n) is 4.07. The van der Waals surface area contributed by atoms with Gasteiger partial charge in [0.1, 0.15) is 0 Å². The van der Waals surface area contributed by atoms with Crippen molar-refractivity contribution in [3.05, 3.63) is 16.4 Å². The third kappa shape index (κ3) is 5.63. The summed E-state index contributed by atoms with van der Waals surface area (Å²) in [6.07, 6.45) is 1.67. The highest BCUT2D eigenvalue weighted by Gasteiger charge is 2.17. The van der Waals surface area contributed by atoms with Crippen molar-refractivity contribution < 1.29 is 4.21 Å². The van der Waals surface area contributed by atoms with Crippen molar-refractivity contribution in [3.8, 4) is 0 Å². The van der Waals surface area contributed by atoms with Crippen LogP contribution in [0.3, 0.4) is 0 Å². The lowest BCUT2D eigenvalue weighted by Gasteiger charge is -2.14. The second kappa shape index (κ2) is 9.50. The average molecular weight is 308 g/mol. The van der Waals surface area contributed by atoms with Crippen molar-refractivity contribution in [2.24, 2.45) is 0 Å². The summed E-state index contributed by atoms with van der Waals surface area (Å²) in [5.41, 5.74) is 1.76.